The summed E-state index contributed by atoms with van der Waals surface area (Å²) in [6.45, 7) is 2.71. The number of hydrogen-bond donors (Lipinski definition) is 2. The van der Waals surface area contributed by atoms with Crippen molar-refractivity contribution in [2.45, 2.75) is 51.5 Å². The zero-order chi connectivity index (χ0) is 22.6. The molecule has 0 radical (unpaired) electrons. The van der Waals surface area contributed by atoms with Crippen molar-refractivity contribution in [3.05, 3.63) is 50.9 Å². The molecule has 3 N–H and O–H groups in total. The number of carbonyl (C=O) groups is 1. The number of rotatable bonds is 8. The van der Waals surface area contributed by atoms with Gasteiger partial charge in [-0.3, -0.25) is 9.59 Å². The van der Waals surface area contributed by atoms with Crippen LogP contribution < -0.4 is 10.7 Å². The molecule has 1 aromatic carbocycles. The standard InChI is InChI=1S/C21H27ClN4O4S/c1-2-3-5-15-12-26(18(27)6-4-11-31(23,29)30)13-17-19(15)24-20(25-21(17)28)14-7-9-16(22)10-8-14/h7-10,15H,2-6,11-13H2,1H3,(H2,23,29,30)(H,24,25,28). The molecule has 1 aliphatic heterocycles. The second-order valence-electron chi connectivity index (χ2n) is 7.87. The van der Waals surface area contributed by atoms with E-state index in [1.807, 2.05) is 0 Å². The Hall–Kier alpha value is -2.23. The van der Waals surface area contributed by atoms with Crippen LogP contribution in [0.15, 0.2) is 29.1 Å². The summed E-state index contributed by atoms with van der Waals surface area (Å²) in [5, 5.41) is 5.62. The summed E-state index contributed by atoms with van der Waals surface area (Å²) in [6.07, 6.45) is 2.97. The minimum Gasteiger partial charge on any atom is -0.337 e. The van der Waals surface area contributed by atoms with Crippen molar-refractivity contribution in [3.8, 4) is 11.4 Å². The van der Waals surface area contributed by atoms with Gasteiger partial charge in [0.2, 0.25) is 15.9 Å². The number of nitrogens with zero attached hydrogens (tertiary/aromatic N) is 2. The molecule has 0 saturated heterocycles. The van der Waals surface area contributed by atoms with Crippen LogP contribution in [0.3, 0.4) is 0 Å². The number of benzene rings is 1. The second-order valence-corrected chi connectivity index (χ2v) is 10.0. The van der Waals surface area contributed by atoms with Crippen LogP contribution >= 0.6 is 11.6 Å². The maximum atomic E-state index is 12.9. The van der Waals surface area contributed by atoms with E-state index in [1.54, 1.807) is 29.2 Å². The molecule has 31 heavy (non-hydrogen) atoms. The number of halogens is 1. The summed E-state index contributed by atoms with van der Waals surface area (Å²) in [7, 11) is -3.61. The van der Waals surface area contributed by atoms with Gasteiger partial charge in [-0.05, 0) is 37.1 Å². The number of H-pyrrole nitrogens is 1. The molecule has 1 aliphatic rings. The first-order valence-electron chi connectivity index (χ1n) is 10.3. The van der Waals surface area contributed by atoms with Gasteiger partial charge in [0, 0.05) is 29.5 Å². The van der Waals surface area contributed by atoms with Crippen molar-refractivity contribution in [3.63, 3.8) is 0 Å². The van der Waals surface area contributed by atoms with Crippen molar-refractivity contribution in [1.29, 1.82) is 0 Å². The minimum atomic E-state index is -3.61. The number of aromatic nitrogens is 2. The molecule has 0 aliphatic carbocycles. The molecular weight excluding hydrogens is 440 g/mol. The van der Waals surface area contributed by atoms with Gasteiger partial charge in [0.1, 0.15) is 5.82 Å². The lowest BCUT2D eigenvalue weighted by molar-refractivity contribution is -0.132. The number of primary sulfonamides is 1. The number of unbranched alkanes of at least 4 members (excludes halogenated alkanes) is 1. The summed E-state index contributed by atoms with van der Waals surface area (Å²) >= 11 is 5.96. The van der Waals surface area contributed by atoms with E-state index in [2.05, 4.69) is 11.9 Å². The molecule has 1 atom stereocenters. The minimum absolute atomic E-state index is 0.0563. The van der Waals surface area contributed by atoms with Crippen molar-refractivity contribution in [2.24, 2.45) is 5.14 Å². The monoisotopic (exact) mass is 466 g/mol. The normalized spacial score (nSPS) is 16.2. The number of amides is 1. The molecule has 2 aromatic rings. The molecule has 8 nitrogen and oxygen atoms in total. The zero-order valence-corrected chi connectivity index (χ0v) is 19.0. The molecule has 0 spiro atoms. The SMILES string of the molecule is CCCCC1CN(C(=O)CCCS(N)(=O)=O)Cc2c1nc(-c1ccc(Cl)cc1)[nH]c2=O. The predicted molar refractivity (Wildman–Crippen MR) is 120 cm³/mol. The average molecular weight is 467 g/mol. The number of hydrogen-bond acceptors (Lipinski definition) is 5. The summed E-state index contributed by atoms with van der Waals surface area (Å²) < 4.78 is 22.3. The Bertz CT molecular complexity index is 1100. The van der Waals surface area contributed by atoms with Gasteiger partial charge < -0.3 is 9.88 Å². The van der Waals surface area contributed by atoms with Crippen LogP contribution in [0.5, 0.6) is 0 Å². The Balaban J connectivity index is 1.88. The number of nitrogens with one attached hydrogen (secondary N) is 1. The zero-order valence-electron chi connectivity index (χ0n) is 17.4. The highest BCUT2D eigenvalue weighted by Gasteiger charge is 2.31. The highest BCUT2D eigenvalue weighted by molar-refractivity contribution is 7.89. The molecule has 1 unspecified atom stereocenters. The topological polar surface area (TPSA) is 126 Å². The first-order valence-corrected chi connectivity index (χ1v) is 12.4. The molecule has 0 fully saturated rings. The Morgan fingerprint density at radius 1 is 1.29 bits per heavy atom. The van der Waals surface area contributed by atoms with Gasteiger partial charge in [0.25, 0.3) is 5.56 Å². The van der Waals surface area contributed by atoms with E-state index in [9.17, 15) is 18.0 Å². The quantitative estimate of drug-likeness (QED) is 0.618. The summed E-state index contributed by atoms with van der Waals surface area (Å²) in [6, 6.07) is 7.09. The summed E-state index contributed by atoms with van der Waals surface area (Å²) in [4.78, 5) is 34.8. The van der Waals surface area contributed by atoms with E-state index in [1.165, 1.54) is 0 Å². The van der Waals surface area contributed by atoms with Crippen LogP contribution in [-0.4, -0.2) is 41.5 Å². The highest BCUT2D eigenvalue weighted by Crippen LogP contribution is 2.31. The fourth-order valence-corrected chi connectivity index (χ4v) is 4.48. The third-order valence-electron chi connectivity index (χ3n) is 5.42. The van der Waals surface area contributed by atoms with Crippen LogP contribution in [0.2, 0.25) is 5.02 Å². The van der Waals surface area contributed by atoms with Gasteiger partial charge in [-0.15, -0.1) is 0 Å². The van der Waals surface area contributed by atoms with E-state index < -0.39 is 10.0 Å². The van der Waals surface area contributed by atoms with E-state index in [0.29, 0.717) is 23.0 Å². The fraction of sp³-hybridized carbons (Fsp3) is 0.476. The Morgan fingerprint density at radius 3 is 2.65 bits per heavy atom. The lowest BCUT2D eigenvalue weighted by Crippen LogP contribution is -2.42. The van der Waals surface area contributed by atoms with Crippen LogP contribution in [0.25, 0.3) is 11.4 Å². The van der Waals surface area contributed by atoms with Gasteiger partial charge >= 0.3 is 0 Å². The Morgan fingerprint density at radius 2 is 2.00 bits per heavy atom. The molecule has 3 rings (SSSR count). The number of aromatic amines is 1. The van der Waals surface area contributed by atoms with Crippen molar-refractivity contribution in [1.82, 2.24) is 14.9 Å². The van der Waals surface area contributed by atoms with Crippen molar-refractivity contribution in [2.75, 3.05) is 12.3 Å². The first kappa shape index (κ1) is 23.4. The molecular formula is C21H27ClN4O4S. The molecule has 1 amide bonds. The van der Waals surface area contributed by atoms with Crippen LogP contribution in [0.1, 0.15) is 56.2 Å². The summed E-state index contributed by atoms with van der Waals surface area (Å²) in [5.41, 5.74) is 1.72. The fourth-order valence-electron chi connectivity index (χ4n) is 3.81. The molecule has 0 bridgehead atoms. The molecule has 2 heterocycles. The number of sulfonamides is 1. The maximum absolute atomic E-state index is 12.9. The van der Waals surface area contributed by atoms with Gasteiger partial charge in [0.05, 0.1) is 23.6 Å². The second kappa shape index (κ2) is 9.93. The number of carbonyl (C=O) groups excluding carboxylic acids is 1. The number of nitrogens with two attached hydrogens (primary N) is 1. The van der Waals surface area contributed by atoms with E-state index in [4.69, 9.17) is 21.7 Å². The van der Waals surface area contributed by atoms with E-state index >= 15 is 0 Å². The molecule has 168 valence electrons. The average Bonchev–Trinajstić information content (AvgIpc) is 2.71. The third-order valence-corrected chi connectivity index (χ3v) is 6.53. The first-order chi connectivity index (χ1) is 14.7. The smallest absolute Gasteiger partial charge is 0.256 e. The Kier molecular flexibility index (Phi) is 7.51. The predicted octanol–water partition coefficient (Wildman–Crippen LogP) is 2.78. The van der Waals surface area contributed by atoms with Crippen LogP contribution in [0, 0.1) is 0 Å². The van der Waals surface area contributed by atoms with Crippen molar-refractivity contribution >= 4 is 27.5 Å². The summed E-state index contributed by atoms with van der Waals surface area (Å²) in [5.74, 6) is 0.000673. The van der Waals surface area contributed by atoms with Gasteiger partial charge in [-0.1, -0.05) is 31.4 Å². The lowest BCUT2D eigenvalue weighted by Gasteiger charge is -2.34. The maximum Gasteiger partial charge on any atom is 0.256 e. The lowest BCUT2D eigenvalue weighted by atomic mass is 9.90. The molecule has 1 aromatic heterocycles. The van der Waals surface area contributed by atoms with Crippen LogP contribution in [0.4, 0.5) is 0 Å². The molecule has 0 saturated carbocycles. The molecule has 10 heteroatoms. The third kappa shape index (κ3) is 6.15. The highest BCUT2D eigenvalue weighted by atomic mass is 35.5. The van der Waals surface area contributed by atoms with Gasteiger partial charge in [-0.25, -0.2) is 18.5 Å². The van der Waals surface area contributed by atoms with Gasteiger partial charge in [-0.2, -0.15) is 0 Å². The Labute approximate surface area is 186 Å². The van der Waals surface area contributed by atoms with E-state index in [0.717, 1.165) is 30.5 Å². The number of fused-ring (bicyclic) bond motifs is 1. The van der Waals surface area contributed by atoms with Crippen LogP contribution in [-0.2, 0) is 21.4 Å². The van der Waals surface area contributed by atoms with E-state index in [-0.39, 0.29) is 42.5 Å². The van der Waals surface area contributed by atoms with Gasteiger partial charge in [0.15, 0.2) is 0 Å². The largest absolute Gasteiger partial charge is 0.337 e. The van der Waals surface area contributed by atoms with Crippen molar-refractivity contribution < 1.29 is 13.2 Å².